The smallest absolute Gasteiger partial charge is 0.306 e. The van der Waals surface area contributed by atoms with E-state index in [0.717, 1.165) is 10.0 Å². The topological polar surface area (TPSA) is 128 Å². The summed E-state index contributed by atoms with van der Waals surface area (Å²) < 4.78 is 5.75. The van der Waals surface area contributed by atoms with E-state index in [1.165, 1.54) is 24.3 Å². The van der Waals surface area contributed by atoms with Crippen LogP contribution < -0.4 is 10.6 Å². The second-order valence-corrected chi connectivity index (χ2v) is 6.94. The molecule has 0 fully saturated rings. The summed E-state index contributed by atoms with van der Waals surface area (Å²) in [5.74, 6) is -1.63. The van der Waals surface area contributed by atoms with Crippen LogP contribution in [0.15, 0.2) is 46.9 Å². The fourth-order valence-electron chi connectivity index (χ4n) is 2.28. The number of nitrogens with zero attached hydrogens (tertiary/aromatic N) is 1. The zero-order chi connectivity index (χ0) is 21.4. The molecule has 29 heavy (non-hydrogen) atoms. The van der Waals surface area contributed by atoms with Crippen molar-refractivity contribution in [1.29, 1.82) is 0 Å². The number of carbonyl (C=O) groups excluding carboxylic acids is 3. The van der Waals surface area contributed by atoms with E-state index in [2.05, 4.69) is 26.6 Å². The summed E-state index contributed by atoms with van der Waals surface area (Å²) in [5, 5.41) is 15.7. The van der Waals surface area contributed by atoms with Gasteiger partial charge in [-0.1, -0.05) is 15.9 Å². The molecule has 152 valence electrons. The highest BCUT2D eigenvalue weighted by Crippen LogP contribution is 2.20. The van der Waals surface area contributed by atoms with E-state index in [1.54, 1.807) is 12.1 Å². The van der Waals surface area contributed by atoms with Gasteiger partial charge in [0.05, 0.1) is 11.3 Å². The number of amides is 2. The number of carbonyl (C=O) groups is 3. The van der Waals surface area contributed by atoms with Gasteiger partial charge in [0, 0.05) is 34.4 Å². The second kappa shape index (κ2) is 10.3. The molecule has 0 saturated carbocycles. The lowest BCUT2D eigenvalue weighted by Gasteiger charge is -2.09. The maximum absolute atomic E-state index is 11.9. The lowest BCUT2D eigenvalue weighted by atomic mass is 10.2. The lowest BCUT2D eigenvalue weighted by molar-refractivity contribution is -0.384. The predicted octanol–water partition coefficient (Wildman–Crippen LogP) is 3.57. The molecule has 0 aliphatic carbocycles. The Morgan fingerprint density at radius 3 is 2.34 bits per heavy atom. The summed E-state index contributed by atoms with van der Waals surface area (Å²) in [6, 6.07) is 10.6. The van der Waals surface area contributed by atoms with Gasteiger partial charge in [-0.15, -0.1) is 0 Å². The molecule has 9 nitrogen and oxygen atoms in total. The lowest BCUT2D eigenvalue weighted by Crippen LogP contribution is -2.22. The van der Waals surface area contributed by atoms with Gasteiger partial charge in [-0.05, 0) is 42.8 Å². The van der Waals surface area contributed by atoms with E-state index in [-0.39, 0.29) is 18.5 Å². The molecule has 2 rings (SSSR count). The number of nitrogens with one attached hydrogen (secondary N) is 2. The van der Waals surface area contributed by atoms with Crippen LogP contribution in [0.1, 0.15) is 18.4 Å². The fourth-order valence-corrected chi connectivity index (χ4v) is 2.75. The summed E-state index contributed by atoms with van der Waals surface area (Å²) in [4.78, 5) is 45.5. The summed E-state index contributed by atoms with van der Waals surface area (Å²) in [6.07, 6.45) is -0.354. The van der Waals surface area contributed by atoms with Crippen LogP contribution in [0.25, 0.3) is 0 Å². The Balaban J connectivity index is 1.71. The Morgan fingerprint density at radius 2 is 1.72 bits per heavy atom. The Bertz CT molecular complexity index is 930. The van der Waals surface area contributed by atoms with E-state index in [4.69, 9.17) is 4.74 Å². The molecule has 10 heteroatoms. The molecule has 0 aliphatic heterocycles. The second-order valence-electron chi connectivity index (χ2n) is 6.02. The van der Waals surface area contributed by atoms with Crippen LogP contribution >= 0.6 is 15.9 Å². The number of hydrogen-bond donors (Lipinski definition) is 2. The van der Waals surface area contributed by atoms with Crippen LogP contribution in [-0.2, 0) is 19.1 Å². The quantitative estimate of drug-likeness (QED) is 0.349. The predicted molar refractivity (Wildman–Crippen MR) is 109 cm³/mol. The third-order valence-corrected chi connectivity index (χ3v) is 4.24. The molecule has 0 radical (unpaired) electrons. The van der Waals surface area contributed by atoms with E-state index >= 15 is 0 Å². The van der Waals surface area contributed by atoms with Crippen molar-refractivity contribution in [3.05, 3.63) is 62.6 Å². The van der Waals surface area contributed by atoms with Gasteiger partial charge in [-0.3, -0.25) is 24.5 Å². The molecule has 0 bridgehead atoms. The van der Waals surface area contributed by atoms with Crippen LogP contribution in [0.4, 0.5) is 17.1 Å². The minimum atomic E-state index is -0.688. The molecule has 0 saturated heterocycles. The fraction of sp³-hybridized carbons (Fsp3) is 0.211. The number of nitro benzene ring substituents is 1. The minimum Gasteiger partial charge on any atom is -0.456 e. The van der Waals surface area contributed by atoms with E-state index in [9.17, 15) is 24.5 Å². The number of anilines is 2. The standard InChI is InChI=1S/C19H18BrN3O6/c1-12-10-13(20)2-7-16(12)22-18(25)11-29-19(26)9-8-17(24)21-14-3-5-15(6-4-14)23(27)28/h2-7,10H,8-9,11H2,1H3,(H,21,24)(H,22,25). The van der Waals surface area contributed by atoms with E-state index in [0.29, 0.717) is 11.4 Å². The molecule has 2 N–H and O–H groups in total. The summed E-state index contributed by atoms with van der Waals surface area (Å²) in [6.45, 7) is 1.37. The van der Waals surface area contributed by atoms with Crippen molar-refractivity contribution >= 4 is 50.8 Å². The highest BCUT2D eigenvalue weighted by atomic mass is 79.9. The first kappa shape index (κ1) is 22.0. The molecular formula is C19H18BrN3O6. The monoisotopic (exact) mass is 463 g/mol. The molecule has 0 heterocycles. The molecule has 2 aromatic carbocycles. The van der Waals surface area contributed by atoms with Crippen LogP contribution in [0.5, 0.6) is 0 Å². The maximum Gasteiger partial charge on any atom is 0.306 e. The largest absolute Gasteiger partial charge is 0.456 e. The normalized spacial score (nSPS) is 10.1. The van der Waals surface area contributed by atoms with Gasteiger partial charge >= 0.3 is 5.97 Å². The zero-order valence-electron chi connectivity index (χ0n) is 15.4. The molecule has 0 unspecified atom stereocenters. The van der Waals surface area contributed by atoms with Gasteiger partial charge in [0.1, 0.15) is 0 Å². The zero-order valence-corrected chi connectivity index (χ0v) is 17.0. The number of esters is 1. The molecule has 0 atom stereocenters. The van der Waals surface area contributed by atoms with Gasteiger partial charge in [0.25, 0.3) is 11.6 Å². The Labute approximate surface area is 174 Å². The van der Waals surface area contributed by atoms with E-state index < -0.39 is 29.3 Å². The Kier molecular flexibility index (Phi) is 7.84. The van der Waals surface area contributed by atoms with Crippen molar-refractivity contribution in [2.75, 3.05) is 17.2 Å². The summed E-state index contributed by atoms with van der Waals surface area (Å²) in [7, 11) is 0. The highest BCUT2D eigenvalue weighted by molar-refractivity contribution is 9.10. The van der Waals surface area contributed by atoms with Crippen molar-refractivity contribution in [2.24, 2.45) is 0 Å². The van der Waals surface area contributed by atoms with Gasteiger partial charge in [0.2, 0.25) is 5.91 Å². The molecule has 2 aromatic rings. The maximum atomic E-state index is 11.9. The summed E-state index contributed by atoms with van der Waals surface area (Å²) in [5.41, 5.74) is 1.74. The van der Waals surface area contributed by atoms with E-state index in [1.807, 2.05) is 13.0 Å². The molecule has 0 aliphatic rings. The van der Waals surface area contributed by atoms with Crippen molar-refractivity contribution in [1.82, 2.24) is 0 Å². The van der Waals surface area contributed by atoms with Gasteiger partial charge in [-0.2, -0.15) is 0 Å². The molecule has 2 amide bonds. The minimum absolute atomic E-state index is 0.0943. The van der Waals surface area contributed by atoms with Crippen LogP contribution in [0.2, 0.25) is 0 Å². The Morgan fingerprint density at radius 1 is 1.03 bits per heavy atom. The number of benzene rings is 2. The number of hydrogen-bond acceptors (Lipinski definition) is 6. The number of rotatable bonds is 8. The average molecular weight is 464 g/mol. The summed E-state index contributed by atoms with van der Waals surface area (Å²) >= 11 is 3.33. The SMILES string of the molecule is Cc1cc(Br)ccc1NC(=O)COC(=O)CCC(=O)Nc1ccc([N+](=O)[O-])cc1. The Hall–Kier alpha value is -3.27. The number of nitro groups is 1. The van der Waals surface area contributed by atoms with Gasteiger partial charge in [-0.25, -0.2) is 0 Å². The third kappa shape index (κ3) is 7.34. The van der Waals surface area contributed by atoms with Gasteiger partial charge < -0.3 is 15.4 Å². The highest BCUT2D eigenvalue weighted by Gasteiger charge is 2.12. The van der Waals surface area contributed by atoms with Crippen molar-refractivity contribution in [2.45, 2.75) is 19.8 Å². The van der Waals surface area contributed by atoms with Crippen LogP contribution in [0, 0.1) is 17.0 Å². The number of aryl methyl sites for hydroxylation is 1. The number of non-ortho nitro benzene ring substituents is 1. The molecule has 0 aromatic heterocycles. The third-order valence-electron chi connectivity index (χ3n) is 3.74. The first-order chi connectivity index (χ1) is 13.7. The number of ether oxygens (including phenoxy) is 1. The van der Waals surface area contributed by atoms with Crippen molar-refractivity contribution < 1.29 is 24.0 Å². The van der Waals surface area contributed by atoms with Crippen molar-refractivity contribution in [3.8, 4) is 0 Å². The molecule has 0 spiro atoms. The van der Waals surface area contributed by atoms with Crippen molar-refractivity contribution in [3.63, 3.8) is 0 Å². The first-order valence-corrected chi connectivity index (χ1v) is 9.30. The van der Waals surface area contributed by atoms with Crippen LogP contribution in [-0.4, -0.2) is 29.3 Å². The molecular weight excluding hydrogens is 446 g/mol. The average Bonchev–Trinajstić information content (AvgIpc) is 2.67. The van der Waals surface area contributed by atoms with Crippen LogP contribution in [0.3, 0.4) is 0 Å². The van der Waals surface area contributed by atoms with Gasteiger partial charge in [0.15, 0.2) is 6.61 Å². The number of halogens is 1. The first-order valence-electron chi connectivity index (χ1n) is 8.50.